The second-order valence-corrected chi connectivity index (χ2v) is 7.93. The Kier molecular flexibility index (Phi) is 5.09. The molecule has 0 spiro atoms. The molecule has 0 fully saturated rings. The Hall–Kier alpha value is -3.52. The Bertz CT molecular complexity index is 1380. The number of halogens is 1. The largest absolute Gasteiger partial charge is 0.336 e. The minimum Gasteiger partial charge on any atom is -0.322 e. The van der Waals surface area contributed by atoms with E-state index in [9.17, 15) is 18.8 Å². The topological polar surface area (TPSA) is 73.1 Å². The highest BCUT2D eigenvalue weighted by Crippen LogP contribution is 2.18. The molecule has 0 bridgehead atoms. The summed E-state index contributed by atoms with van der Waals surface area (Å²) in [7, 11) is 0. The van der Waals surface area contributed by atoms with Gasteiger partial charge < -0.3 is 5.32 Å². The van der Waals surface area contributed by atoms with Gasteiger partial charge in [0.1, 0.15) is 17.1 Å². The SMILES string of the molecule is Cc1cc(C)cc(-n2c(=O)c3sccc3n(CC(=O)Nc3ccccc3F)c2=O)c1. The van der Waals surface area contributed by atoms with Crippen molar-refractivity contribution in [3.05, 3.63) is 91.7 Å². The fraction of sp³-hybridized carbons (Fsp3) is 0.136. The molecule has 0 aliphatic carbocycles. The van der Waals surface area contributed by atoms with E-state index in [2.05, 4.69) is 5.32 Å². The predicted molar refractivity (Wildman–Crippen MR) is 116 cm³/mol. The van der Waals surface area contributed by atoms with Crippen molar-refractivity contribution in [3.63, 3.8) is 0 Å². The van der Waals surface area contributed by atoms with Crippen LogP contribution in [-0.4, -0.2) is 15.0 Å². The van der Waals surface area contributed by atoms with Crippen LogP contribution in [0.1, 0.15) is 11.1 Å². The van der Waals surface area contributed by atoms with Crippen LogP contribution in [-0.2, 0) is 11.3 Å². The van der Waals surface area contributed by atoms with Crippen molar-refractivity contribution < 1.29 is 9.18 Å². The van der Waals surface area contributed by atoms with E-state index in [4.69, 9.17) is 0 Å². The first-order valence-electron chi connectivity index (χ1n) is 9.21. The van der Waals surface area contributed by atoms with Crippen molar-refractivity contribution >= 4 is 33.1 Å². The lowest BCUT2D eigenvalue weighted by atomic mass is 10.1. The first kappa shape index (κ1) is 19.8. The second kappa shape index (κ2) is 7.72. The zero-order chi connectivity index (χ0) is 21.4. The molecular formula is C22H18FN3O3S. The molecule has 0 radical (unpaired) electrons. The summed E-state index contributed by atoms with van der Waals surface area (Å²) in [4.78, 5) is 38.8. The van der Waals surface area contributed by atoms with Gasteiger partial charge in [-0.05, 0) is 60.7 Å². The van der Waals surface area contributed by atoms with Crippen LogP contribution < -0.4 is 16.6 Å². The number of para-hydroxylation sites is 1. The van der Waals surface area contributed by atoms with E-state index in [1.54, 1.807) is 29.6 Å². The number of rotatable bonds is 4. The summed E-state index contributed by atoms with van der Waals surface area (Å²) < 4.78 is 16.5. The van der Waals surface area contributed by atoms with Gasteiger partial charge in [-0.3, -0.25) is 14.2 Å². The molecule has 4 aromatic rings. The fourth-order valence-electron chi connectivity index (χ4n) is 3.44. The van der Waals surface area contributed by atoms with E-state index in [1.165, 1.54) is 34.1 Å². The number of hydrogen-bond donors (Lipinski definition) is 1. The molecule has 4 rings (SSSR count). The average Bonchev–Trinajstić information content (AvgIpc) is 3.16. The number of amides is 1. The van der Waals surface area contributed by atoms with E-state index in [-0.39, 0.29) is 12.2 Å². The van der Waals surface area contributed by atoms with Gasteiger partial charge in [0.25, 0.3) is 5.56 Å². The third-order valence-corrected chi connectivity index (χ3v) is 5.56. The summed E-state index contributed by atoms with van der Waals surface area (Å²) in [5.41, 5.74) is 1.61. The monoisotopic (exact) mass is 423 g/mol. The van der Waals surface area contributed by atoms with Gasteiger partial charge in [0.2, 0.25) is 5.91 Å². The van der Waals surface area contributed by atoms with Crippen LogP contribution >= 0.6 is 11.3 Å². The van der Waals surface area contributed by atoms with Crippen LogP contribution in [0.4, 0.5) is 10.1 Å². The molecular weight excluding hydrogens is 405 g/mol. The number of aryl methyl sites for hydroxylation is 2. The molecule has 1 N–H and O–H groups in total. The molecule has 0 saturated heterocycles. The molecule has 0 aliphatic rings. The predicted octanol–water partition coefficient (Wildman–Crippen LogP) is 3.61. The van der Waals surface area contributed by atoms with E-state index in [0.29, 0.717) is 15.9 Å². The number of carbonyl (C=O) groups is 1. The van der Waals surface area contributed by atoms with Gasteiger partial charge in [0.05, 0.1) is 16.9 Å². The molecule has 2 aromatic carbocycles. The number of aromatic nitrogens is 2. The summed E-state index contributed by atoms with van der Waals surface area (Å²) >= 11 is 1.20. The Morgan fingerprint density at radius 2 is 1.77 bits per heavy atom. The summed E-state index contributed by atoms with van der Waals surface area (Å²) in [6.45, 7) is 3.41. The second-order valence-electron chi connectivity index (χ2n) is 7.02. The number of fused-ring (bicyclic) bond motifs is 1. The third-order valence-electron chi connectivity index (χ3n) is 4.67. The normalized spacial score (nSPS) is 11.0. The maximum absolute atomic E-state index is 13.9. The molecule has 30 heavy (non-hydrogen) atoms. The Labute approximate surface area is 174 Å². The lowest BCUT2D eigenvalue weighted by Gasteiger charge is -2.13. The Balaban J connectivity index is 1.83. The van der Waals surface area contributed by atoms with Gasteiger partial charge in [-0.25, -0.2) is 13.8 Å². The van der Waals surface area contributed by atoms with Crippen molar-refractivity contribution in [2.75, 3.05) is 5.32 Å². The van der Waals surface area contributed by atoms with Crippen molar-refractivity contribution in [3.8, 4) is 5.69 Å². The Morgan fingerprint density at radius 1 is 1.07 bits per heavy atom. The number of hydrogen-bond acceptors (Lipinski definition) is 4. The third kappa shape index (κ3) is 3.57. The van der Waals surface area contributed by atoms with E-state index in [1.807, 2.05) is 19.9 Å². The lowest BCUT2D eigenvalue weighted by molar-refractivity contribution is -0.116. The minimum absolute atomic E-state index is 0.0275. The maximum atomic E-state index is 13.9. The highest BCUT2D eigenvalue weighted by atomic mass is 32.1. The smallest absolute Gasteiger partial charge is 0.322 e. The van der Waals surface area contributed by atoms with Crippen LogP contribution in [0.25, 0.3) is 15.9 Å². The van der Waals surface area contributed by atoms with E-state index in [0.717, 1.165) is 15.7 Å². The number of thiophene rings is 1. The van der Waals surface area contributed by atoms with Crippen LogP contribution in [0.15, 0.2) is 63.5 Å². The summed E-state index contributed by atoms with van der Waals surface area (Å²) in [5, 5.41) is 4.17. The number of nitrogens with zero attached hydrogens (tertiary/aromatic N) is 2. The van der Waals surface area contributed by atoms with Crippen molar-refractivity contribution in [1.82, 2.24) is 9.13 Å². The quantitative estimate of drug-likeness (QED) is 0.545. The summed E-state index contributed by atoms with van der Waals surface area (Å²) in [6.07, 6.45) is 0. The number of anilines is 1. The molecule has 0 atom stereocenters. The molecule has 1 amide bonds. The lowest BCUT2D eigenvalue weighted by Crippen LogP contribution is -2.40. The highest BCUT2D eigenvalue weighted by molar-refractivity contribution is 7.17. The van der Waals surface area contributed by atoms with Crippen molar-refractivity contribution in [2.24, 2.45) is 0 Å². The van der Waals surface area contributed by atoms with Gasteiger partial charge >= 0.3 is 5.69 Å². The first-order chi connectivity index (χ1) is 14.3. The standard InChI is InChI=1S/C22H18FN3O3S/c1-13-9-14(2)11-15(10-13)26-21(28)20-18(7-8-30-20)25(22(26)29)12-19(27)24-17-6-4-3-5-16(17)23/h3-11H,12H2,1-2H3,(H,24,27). The molecule has 8 heteroatoms. The first-order valence-corrected chi connectivity index (χ1v) is 10.1. The number of benzene rings is 2. The average molecular weight is 423 g/mol. The van der Waals surface area contributed by atoms with Gasteiger partial charge in [0, 0.05) is 0 Å². The van der Waals surface area contributed by atoms with Crippen LogP contribution in [0, 0.1) is 19.7 Å². The molecule has 0 saturated carbocycles. The number of carbonyl (C=O) groups excluding carboxylic acids is 1. The summed E-state index contributed by atoms with van der Waals surface area (Å²) in [5.74, 6) is -1.14. The zero-order valence-electron chi connectivity index (χ0n) is 16.3. The van der Waals surface area contributed by atoms with Crippen molar-refractivity contribution in [1.29, 1.82) is 0 Å². The molecule has 0 unspecified atom stereocenters. The summed E-state index contributed by atoms with van der Waals surface area (Å²) in [6, 6.07) is 12.9. The van der Waals surface area contributed by atoms with Gasteiger partial charge in [-0.15, -0.1) is 11.3 Å². The van der Waals surface area contributed by atoms with Crippen LogP contribution in [0.2, 0.25) is 0 Å². The Morgan fingerprint density at radius 3 is 2.47 bits per heavy atom. The molecule has 2 aromatic heterocycles. The molecule has 2 heterocycles. The minimum atomic E-state index is -0.625. The molecule has 152 valence electrons. The van der Waals surface area contributed by atoms with E-state index >= 15 is 0 Å². The van der Waals surface area contributed by atoms with Gasteiger partial charge in [0.15, 0.2) is 0 Å². The van der Waals surface area contributed by atoms with Crippen LogP contribution in [0.5, 0.6) is 0 Å². The highest BCUT2D eigenvalue weighted by Gasteiger charge is 2.18. The van der Waals surface area contributed by atoms with Gasteiger partial charge in [-0.2, -0.15) is 0 Å². The number of nitrogens with one attached hydrogen (secondary N) is 1. The van der Waals surface area contributed by atoms with Gasteiger partial charge in [-0.1, -0.05) is 18.2 Å². The van der Waals surface area contributed by atoms with Crippen LogP contribution in [0.3, 0.4) is 0 Å². The zero-order valence-corrected chi connectivity index (χ0v) is 17.1. The fourth-order valence-corrected chi connectivity index (χ4v) is 4.27. The maximum Gasteiger partial charge on any atom is 0.336 e. The van der Waals surface area contributed by atoms with Crippen molar-refractivity contribution in [2.45, 2.75) is 20.4 Å². The van der Waals surface area contributed by atoms with E-state index < -0.39 is 23.0 Å². The molecule has 0 aliphatic heterocycles. The molecule has 6 nitrogen and oxygen atoms in total.